The average Bonchev–Trinajstić information content (AvgIpc) is 2.44. The molecule has 0 spiro atoms. The standard InChI is InChI=1S/C32H43N5O7.C24H32BrN5O4.C8H12O3/c1-19(2)27(38)29(40)34-21(4)30(41)37-15-5-7-25(36-37)28(39)33-20(3)24-11-10-23-9-8-22(17-26(23)35-24)12-14-32(31(42)43)13-6-16-44-18-32;1-13(2)21(31)23(33)27-15(4)24(34)30-11-5-6-19(29-30)22(32)26-14(3)18-10-8-16-7-9-17(25)12-20(16)28-18;1-2-8(7(9)10)4-3-5-11-6-8/h8-12,14,17,19-21,25,27,36,38H,5-7,13,15-16,18H2,1-4H3,(H,33,39)(H,34,40)(H,42,43);7-10,12-15,19,21,29,31H,5-6,11H2,1-4H3,(H,26,32)(H,27,33);2H,1,3-6H2,(H,9,10)/b14-12+;;/t20-,21+,25+,27+,32?;14-,15+,19+,21+;/m11./s1. The van der Waals surface area contributed by atoms with Crippen molar-refractivity contribution in [1.29, 1.82) is 0 Å². The van der Waals surface area contributed by atoms with Crippen LogP contribution in [0.25, 0.3) is 27.9 Å². The second-order valence-electron chi connectivity index (χ2n) is 24.0. The summed E-state index contributed by atoms with van der Waals surface area (Å²) in [5.74, 6) is -4.76. The highest BCUT2D eigenvalue weighted by Gasteiger charge is 2.40. The lowest BCUT2D eigenvalue weighted by atomic mass is 9.82. The summed E-state index contributed by atoms with van der Waals surface area (Å²) in [7, 11) is 0. The topological polar surface area (TPSA) is 340 Å². The zero-order valence-corrected chi connectivity index (χ0v) is 53.5. The molecule has 4 saturated heterocycles. The number of fused-ring (bicyclic) bond motifs is 2. The Bertz CT molecular complexity index is 3210. The Kier molecular flexibility index (Phi) is 25.8. The normalized spacial score (nSPS) is 22.4. The number of carbonyl (C=O) groups excluding carboxylic acids is 6. The molecule has 2 unspecified atom stereocenters. The van der Waals surface area contributed by atoms with E-state index < -0.39 is 82.9 Å². The Morgan fingerprint density at radius 1 is 0.618 bits per heavy atom. The monoisotopic (exact) mass is 1300 g/mol. The summed E-state index contributed by atoms with van der Waals surface area (Å²) >= 11 is 3.45. The van der Waals surface area contributed by atoms with Gasteiger partial charge in [0.1, 0.15) is 47.2 Å². The SMILES string of the molecule is C=CC1(C(=O)O)CCCOC1.CC(C)[C@H](O)C(=O)N[C@@H](C)C(=O)N1CCC[C@@H](C(=O)N[C@H](C)c2ccc3ccc(/C=C/C4(C(=O)O)CCCOC4)cc3n2)N1.CC(C)[C@H](O)C(=O)N[C@@H](C)C(=O)N1CCC[C@@H](C(=O)N[C@H](C)c2ccc3ccc(Br)cc3n2)N1. The molecule has 0 radical (unpaired) electrons. The van der Waals surface area contributed by atoms with Gasteiger partial charge in [-0.1, -0.05) is 92.2 Å². The molecule has 25 heteroatoms. The van der Waals surface area contributed by atoms with Gasteiger partial charge in [-0.25, -0.2) is 10.9 Å². The van der Waals surface area contributed by atoms with Crippen LogP contribution in [-0.2, 0) is 47.8 Å². The molecule has 10 N–H and O–H groups in total. The quantitative estimate of drug-likeness (QED) is 0.0513. The van der Waals surface area contributed by atoms with E-state index in [1.165, 1.54) is 16.1 Å². The van der Waals surface area contributed by atoms with Gasteiger partial charge in [-0.3, -0.25) is 58.3 Å². The van der Waals surface area contributed by atoms with E-state index in [4.69, 9.17) is 19.6 Å². The molecule has 4 aliphatic heterocycles. The second kappa shape index (κ2) is 32.5. The fourth-order valence-corrected chi connectivity index (χ4v) is 10.7. The number of nitrogens with one attached hydrogen (secondary N) is 6. The lowest BCUT2D eigenvalue weighted by Crippen LogP contribution is -2.61. The number of carboxylic acid groups (broad SMARTS) is 2. The van der Waals surface area contributed by atoms with Gasteiger partial charge in [-0.05, 0) is 127 Å². The first-order valence-electron chi connectivity index (χ1n) is 30.3. The van der Waals surface area contributed by atoms with Gasteiger partial charge in [0.05, 0.1) is 47.7 Å². The van der Waals surface area contributed by atoms with Crippen molar-refractivity contribution in [3.63, 3.8) is 0 Å². The minimum absolute atomic E-state index is 0.145. The molecule has 89 heavy (non-hydrogen) atoms. The number of aliphatic carboxylic acids is 2. The van der Waals surface area contributed by atoms with E-state index in [-0.39, 0.29) is 48.8 Å². The van der Waals surface area contributed by atoms with Crippen LogP contribution in [0.2, 0.25) is 0 Å². The summed E-state index contributed by atoms with van der Waals surface area (Å²) in [5, 5.41) is 54.2. The van der Waals surface area contributed by atoms with Gasteiger partial charge in [0.25, 0.3) is 11.8 Å². The summed E-state index contributed by atoms with van der Waals surface area (Å²) < 4.78 is 11.5. The molecule has 0 aliphatic carbocycles. The number of benzene rings is 2. The Morgan fingerprint density at radius 2 is 1.04 bits per heavy atom. The largest absolute Gasteiger partial charge is 0.481 e. The van der Waals surface area contributed by atoms with Crippen LogP contribution in [0.1, 0.15) is 136 Å². The van der Waals surface area contributed by atoms with Gasteiger partial charge >= 0.3 is 11.9 Å². The van der Waals surface area contributed by atoms with Crippen molar-refractivity contribution in [2.75, 3.05) is 39.5 Å². The first kappa shape index (κ1) is 70.8. The molecule has 0 saturated carbocycles. The van der Waals surface area contributed by atoms with E-state index in [9.17, 15) is 53.7 Å². The van der Waals surface area contributed by atoms with E-state index >= 15 is 0 Å². The molecule has 24 nitrogen and oxygen atoms in total. The number of hydrazine groups is 2. The average molecular weight is 1300 g/mol. The molecule has 2 aromatic heterocycles. The smallest absolute Gasteiger partial charge is 0.315 e. The van der Waals surface area contributed by atoms with Crippen LogP contribution in [0.3, 0.4) is 0 Å². The van der Waals surface area contributed by atoms with Gasteiger partial charge in [0.15, 0.2) is 0 Å². The van der Waals surface area contributed by atoms with Crippen molar-refractivity contribution in [1.82, 2.24) is 52.1 Å². The molecule has 4 aromatic rings. The van der Waals surface area contributed by atoms with Crippen LogP contribution < -0.4 is 32.1 Å². The fraction of sp³-hybridized carbons (Fsp3) is 0.531. The molecule has 484 valence electrons. The van der Waals surface area contributed by atoms with Crippen molar-refractivity contribution in [3.8, 4) is 0 Å². The Labute approximate surface area is 527 Å². The number of carboxylic acids is 2. The third kappa shape index (κ3) is 19.1. The summed E-state index contributed by atoms with van der Waals surface area (Å²) in [6.07, 6.45) is 7.58. The zero-order valence-electron chi connectivity index (χ0n) is 51.9. The second-order valence-corrected chi connectivity index (χ2v) is 24.9. The highest BCUT2D eigenvalue weighted by Crippen LogP contribution is 2.33. The van der Waals surface area contributed by atoms with Crippen LogP contribution in [-0.4, -0.2) is 164 Å². The molecule has 8 rings (SSSR count). The number of aromatic nitrogens is 2. The Balaban J connectivity index is 0.000000247. The predicted octanol–water partition coefficient (Wildman–Crippen LogP) is 5.57. The van der Waals surface area contributed by atoms with Gasteiger partial charge in [-0.15, -0.1) is 6.58 Å². The lowest BCUT2D eigenvalue weighted by molar-refractivity contribution is -0.153. The van der Waals surface area contributed by atoms with Gasteiger partial charge in [0.2, 0.25) is 23.6 Å². The number of hydrogen-bond donors (Lipinski definition) is 10. The van der Waals surface area contributed by atoms with Crippen LogP contribution in [0, 0.1) is 22.7 Å². The summed E-state index contributed by atoms with van der Waals surface area (Å²) in [4.78, 5) is 108. The molecule has 6 amide bonds. The first-order valence-corrected chi connectivity index (χ1v) is 31.1. The molecular weight excluding hydrogens is 1210 g/mol. The highest BCUT2D eigenvalue weighted by molar-refractivity contribution is 9.10. The predicted molar refractivity (Wildman–Crippen MR) is 336 cm³/mol. The Morgan fingerprint density at radius 3 is 1.45 bits per heavy atom. The van der Waals surface area contributed by atoms with Crippen LogP contribution in [0.5, 0.6) is 0 Å². The summed E-state index contributed by atoms with van der Waals surface area (Å²) in [6, 6.07) is 15.5. The maximum Gasteiger partial charge on any atom is 0.315 e. The number of ether oxygens (including phenoxy) is 2. The molecule has 10 atom stereocenters. The van der Waals surface area contributed by atoms with Crippen molar-refractivity contribution in [2.24, 2.45) is 22.7 Å². The lowest BCUT2D eigenvalue weighted by Gasteiger charge is -2.35. The fourth-order valence-electron chi connectivity index (χ4n) is 10.4. The molecule has 4 fully saturated rings. The molecule has 6 heterocycles. The number of hydrogen-bond acceptors (Lipinski definition) is 16. The van der Waals surface area contributed by atoms with Gasteiger partial charge < -0.3 is 51.2 Å². The van der Waals surface area contributed by atoms with Crippen molar-refractivity contribution >= 4 is 91.2 Å². The van der Waals surface area contributed by atoms with Gasteiger partial charge in [-0.2, -0.15) is 0 Å². The first-order chi connectivity index (χ1) is 42.2. The highest BCUT2D eigenvalue weighted by atomic mass is 79.9. The number of carbonyl (C=O) groups is 8. The van der Waals surface area contributed by atoms with Crippen LogP contribution in [0.15, 0.2) is 83.9 Å². The number of rotatable bonds is 19. The number of aliphatic hydroxyl groups is 2. The minimum atomic E-state index is -1.22. The number of aliphatic hydroxyl groups excluding tert-OH is 2. The molecule has 4 aliphatic rings. The maximum absolute atomic E-state index is 13.2. The third-order valence-electron chi connectivity index (χ3n) is 16.2. The molecular formula is C64H87BrN10O14. The van der Waals surface area contributed by atoms with E-state index in [1.807, 2.05) is 74.5 Å². The van der Waals surface area contributed by atoms with E-state index in [1.54, 1.807) is 53.7 Å². The molecule has 2 aromatic carbocycles. The number of halogens is 1. The van der Waals surface area contributed by atoms with Crippen molar-refractivity contribution in [3.05, 3.63) is 101 Å². The number of nitrogens with zero attached hydrogens (tertiary/aromatic N) is 4. The summed E-state index contributed by atoms with van der Waals surface area (Å²) in [5.41, 5.74) is 7.85. The third-order valence-corrected chi connectivity index (χ3v) is 16.7. The maximum atomic E-state index is 13.2. The van der Waals surface area contributed by atoms with Gasteiger partial charge in [0, 0.05) is 41.5 Å². The Hall–Kier alpha value is -7.26. The number of pyridine rings is 2. The van der Waals surface area contributed by atoms with Crippen LogP contribution in [0.4, 0.5) is 0 Å². The molecule has 0 bridgehead atoms. The summed E-state index contributed by atoms with van der Waals surface area (Å²) in [6.45, 7) is 19.6. The van der Waals surface area contributed by atoms with E-state index in [2.05, 4.69) is 59.6 Å². The van der Waals surface area contributed by atoms with Crippen molar-refractivity contribution < 1.29 is 68.3 Å². The number of amides is 6. The van der Waals surface area contributed by atoms with E-state index in [0.717, 1.165) is 38.4 Å². The van der Waals surface area contributed by atoms with E-state index in [0.29, 0.717) is 82.5 Å². The van der Waals surface area contributed by atoms with Crippen molar-refractivity contribution in [2.45, 2.75) is 155 Å². The minimum Gasteiger partial charge on any atom is -0.481 e. The van der Waals surface area contributed by atoms with Crippen LogP contribution >= 0.6 is 15.9 Å². The zero-order chi connectivity index (χ0) is 65.3.